The number of hydrogen-bond donors (Lipinski definition) is 1. The van der Waals surface area contributed by atoms with Gasteiger partial charge in [-0.3, -0.25) is 9.69 Å². The van der Waals surface area contributed by atoms with Gasteiger partial charge in [0.25, 0.3) is 0 Å². The van der Waals surface area contributed by atoms with Crippen molar-refractivity contribution in [2.45, 2.75) is 46.0 Å². The second-order valence-electron chi connectivity index (χ2n) is 9.21. The highest BCUT2D eigenvalue weighted by atomic mass is 19.4. The smallest absolute Gasteiger partial charge is 0.474 e. The number of carboxylic acids is 1. The van der Waals surface area contributed by atoms with Crippen molar-refractivity contribution in [2.24, 2.45) is 0 Å². The number of aryl methyl sites for hydroxylation is 1. The molecular weight excluding hydrogens is 459 g/mol. The van der Waals surface area contributed by atoms with E-state index in [1.54, 1.807) is 25.1 Å². The highest BCUT2D eigenvalue weighted by molar-refractivity contribution is 6.37. The van der Waals surface area contributed by atoms with Gasteiger partial charge in [-0.2, -0.15) is 0 Å². The molecule has 0 aliphatic rings. The molecule has 3 aromatic rings. The molecule has 3 rings (SSSR count). The molecule has 35 heavy (non-hydrogen) atoms. The van der Waals surface area contributed by atoms with E-state index >= 15 is 0 Å². The summed E-state index contributed by atoms with van der Waals surface area (Å²) >= 11 is 0. The molecule has 184 valence electrons. The lowest BCUT2D eigenvalue weighted by Crippen LogP contribution is -2.36. The fourth-order valence-corrected chi connectivity index (χ4v) is 3.66. The van der Waals surface area contributed by atoms with E-state index in [0.29, 0.717) is 11.3 Å². The van der Waals surface area contributed by atoms with Crippen molar-refractivity contribution in [1.29, 1.82) is 0 Å². The molecule has 0 heterocycles. The maximum absolute atomic E-state index is 12.5. The van der Waals surface area contributed by atoms with Crippen LogP contribution in [0.5, 0.6) is 5.75 Å². The third-order valence-corrected chi connectivity index (χ3v) is 5.51. The Morgan fingerprint density at radius 1 is 0.914 bits per heavy atom. The summed E-state index contributed by atoms with van der Waals surface area (Å²) in [5.41, 5.74) is 4.34. The van der Waals surface area contributed by atoms with Crippen LogP contribution in [0.25, 0.3) is 11.1 Å². The van der Waals surface area contributed by atoms with Gasteiger partial charge < -0.3 is 9.84 Å². The molecule has 1 amide bonds. The van der Waals surface area contributed by atoms with Gasteiger partial charge in [0.15, 0.2) is 0 Å². The lowest BCUT2D eigenvalue weighted by molar-refractivity contribution is -0.274. The van der Waals surface area contributed by atoms with E-state index in [1.807, 2.05) is 24.3 Å². The topological polar surface area (TPSA) is 66.8 Å². The number of nitrogens with zero attached hydrogens (tertiary/aromatic N) is 1. The van der Waals surface area contributed by atoms with Crippen LogP contribution < -0.4 is 9.64 Å². The number of rotatable bonds is 5. The summed E-state index contributed by atoms with van der Waals surface area (Å²) in [4.78, 5) is 25.2. The number of carbonyl (C=O) groups is 2. The number of benzene rings is 3. The molecule has 0 bridgehead atoms. The van der Waals surface area contributed by atoms with Crippen LogP contribution in [0.2, 0.25) is 0 Å². The second-order valence-corrected chi connectivity index (χ2v) is 9.21. The van der Waals surface area contributed by atoms with Gasteiger partial charge >= 0.3 is 18.2 Å². The van der Waals surface area contributed by atoms with Gasteiger partial charge in [0.1, 0.15) is 5.75 Å². The second kappa shape index (κ2) is 9.82. The van der Waals surface area contributed by atoms with E-state index in [4.69, 9.17) is 0 Å². The maximum Gasteiger partial charge on any atom is 0.573 e. The number of anilines is 1. The standard InChI is InChI=1S/C27H26F3NO4/c1-17-15-21(11-14-23(17)19-7-12-22(13-8-19)35-27(28,29)30)31(24(32)25(33)34)16-18-5-9-20(10-6-18)26(2,3)4/h5-15H,16H2,1-4H3,(H,33,34). The summed E-state index contributed by atoms with van der Waals surface area (Å²) < 4.78 is 41.1. The molecule has 0 fully saturated rings. The van der Waals surface area contributed by atoms with Crippen molar-refractivity contribution in [3.8, 4) is 16.9 Å². The number of hydrogen-bond acceptors (Lipinski definition) is 3. The van der Waals surface area contributed by atoms with Gasteiger partial charge in [-0.1, -0.05) is 63.2 Å². The van der Waals surface area contributed by atoms with E-state index in [9.17, 15) is 27.9 Å². The highest BCUT2D eigenvalue weighted by Crippen LogP contribution is 2.31. The van der Waals surface area contributed by atoms with Crippen molar-refractivity contribution in [3.63, 3.8) is 0 Å². The normalized spacial score (nSPS) is 11.7. The molecular formula is C27H26F3NO4. The van der Waals surface area contributed by atoms with Crippen molar-refractivity contribution < 1.29 is 32.6 Å². The Kier molecular flexibility index (Phi) is 7.24. The molecule has 0 unspecified atom stereocenters. The fourth-order valence-electron chi connectivity index (χ4n) is 3.66. The predicted octanol–water partition coefficient (Wildman–Crippen LogP) is 6.48. The van der Waals surface area contributed by atoms with Crippen LogP contribution in [0.4, 0.5) is 18.9 Å². The van der Waals surface area contributed by atoms with Gasteiger partial charge in [0.2, 0.25) is 0 Å². The Morgan fingerprint density at radius 3 is 2.00 bits per heavy atom. The highest BCUT2D eigenvalue weighted by Gasteiger charge is 2.31. The van der Waals surface area contributed by atoms with Crippen molar-refractivity contribution in [3.05, 3.63) is 83.4 Å². The molecule has 0 atom stereocenters. The van der Waals surface area contributed by atoms with Gasteiger partial charge in [0, 0.05) is 5.69 Å². The molecule has 0 saturated heterocycles. The fraction of sp³-hybridized carbons (Fsp3) is 0.259. The average molecular weight is 486 g/mol. The first-order valence-corrected chi connectivity index (χ1v) is 10.9. The molecule has 0 aliphatic heterocycles. The van der Waals surface area contributed by atoms with Crippen LogP contribution in [-0.2, 0) is 21.5 Å². The van der Waals surface area contributed by atoms with Crippen LogP contribution in [0.15, 0.2) is 66.7 Å². The zero-order chi connectivity index (χ0) is 26.0. The third kappa shape index (κ3) is 6.62. The van der Waals surface area contributed by atoms with E-state index < -0.39 is 18.2 Å². The summed E-state index contributed by atoms with van der Waals surface area (Å²) in [7, 11) is 0. The molecule has 0 saturated carbocycles. The molecule has 5 nitrogen and oxygen atoms in total. The minimum Gasteiger partial charge on any atom is -0.474 e. The summed E-state index contributed by atoms with van der Waals surface area (Å²) in [6.07, 6.45) is -4.77. The van der Waals surface area contributed by atoms with Gasteiger partial charge in [-0.25, -0.2) is 4.79 Å². The predicted molar refractivity (Wildman–Crippen MR) is 127 cm³/mol. The number of amides is 1. The molecule has 1 N–H and O–H groups in total. The molecule has 0 aliphatic carbocycles. The summed E-state index contributed by atoms with van der Waals surface area (Å²) in [5.74, 6) is -2.96. The third-order valence-electron chi connectivity index (χ3n) is 5.51. The number of carbonyl (C=O) groups excluding carboxylic acids is 1. The Labute approximate surface area is 201 Å². The van der Waals surface area contributed by atoms with Crippen molar-refractivity contribution >= 4 is 17.6 Å². The Balaban J connectivity index is 1.89. The average Bonchev–Trinajstić information content (AvgIpc) is 2.76. The molecule has 8 heteroatoms. The number of halogens is 3. The minimum absolute atomic E-state index is 0.0425. The summed E-state index contributed by atoms with van der Waals surface area (Å²) in [6, 6.07) is 18.1. The van der Waals surface area contributed by atoms with Crippen LogP contribution in [0, 0.1) is 6.92 Å². The largest absolute Gasteiger partial charge is 0.573 e. The number of ether oxygens (including phenoxy) is 1. The van der Waals surface area contributed by atoms with Crippen molar-refractivity contribution in [1.82, 2.24) is 0 Å². The SMILES string of the molecule is Cc1cc(N(Cc2ccc(C(C)(C)C)cc2)C(=O)C(=O)O)ccc1-c1ccc(OC(F)(F)F)cc1. The van der Waals surface area contributed by atoms with E-state index in [-0.39, 0.29) is 17.7 Å². The van der Waals surface area contributed by atoms with Crippen LogP contribution in [0.3, 0.4) is 0 Å². The zero-order valence-electron chi connectivity index (χ0n) is 19.8. The summed E-state index contributed by atoms with van der Waals surface area (Å²) in [6.45, 7) is 8.11. The first kappa shape index (κ1) is 25.8. The van der Waals surface area contributed by atoms with E-state index in [0.717, 1.165) is 22.3 Å². The van der Waals surface area contributed by atoms with Crippen LogP contribution in [0.1, 0.15) is 37.5 Å². The molecule has 0 radical (unpaired) electrons. The van der Waals surface area contributed by atoms with Crippen molar-refractivity contribution in [2.75, 3.05) is 4.90 Å². The van der Waals surface area contributed by atoms with E-state index in [2.05, 4.69) is 25.5 Å². The number of aliphatic carboxylic acids is 1. The Morgan fingerprint density at radius 2 is 1.51 bits per heavy atom. The first-order valence-electron chi connectivity index (χ1n) is 10.9. The maximum atomic E-state index is 12.5. The first-order chi connectivity index (χ1) is 16.2. The Bertz CT molecular complexity index is 1210. The molecule has 3 aromatic carbocycles. The van der Waals surface area contributed by atoms with Crippen LogP contribution in [-0.4, -0.2) is 23.3 Å². The number of carboxylic acid groups (broad SMARTS) is 1. The number of alkyl halides is 3. The van der Waals surface area contributed by atoms with Gasteiger partial charge in [0.05, 0.1) is 6.54 Å². The van der Waals surface area contributed by atoms with Crippen LogP contribution >= 0.6 is 0 Å². The van der Waals surface area contributed by atoms with Gasteiger partial charge in [-0.05, 0) is 64.4 Å². The quantitative estimate of drug-likeness (QED) is 0.420. The molecule has 0 aromatic heterocycles. The van der Waals surface area contributed by atoms with E-state index in [1.165, 1.54) is 29.2 Å². The zero-order valence-corrected chi connectivity index (χ0v) is 19.8. The Hall–Kier alpha value is -3.81. The monoisotopic (exact) mass is 485 g/mol. The lowest BCUT2D eigenvalue weighted by Gasteiger charge is -2.23. The molecule has 0 spiro atoms. The lowest BCUT2D eigenvalue weighted by atomic mass is 9.87. The minimum atomic E-state index is -4.77. The summed E-state index contributed by atoms with van der Waals surface area (Å²) in [5, 5.41) is 9.37. The van der Waals surface area contributed by atoms with Gasteiger partial charge in [-0.15, -0.1) is 13.2 Å².